The Morgan fingerprint density at radius 3 is 2.70 bits per heavy atom. The predicted molar refractivity (Wildman–Crippen MR) is 68.3 cm³/mol. The summed E-state index contributed by atoms with van der Waals surface area (Å²) in [5.41, 5.74) is 6.69. The van der Waals surface area contributed by atoms with Crippen molar-refractivity contribution in [1.29, 1.82) is 0 Å². The Balaban J connectivity index is 2.06. The summed E-state index contributed by atoms with van der Waals surface area (Å²) < 4.78 is 51.9. The molecule has 0 bridgehead atoms. The van der Waals surface area contributed by atoms with Crippen LogP contribution in [0.2, 0.25) is 0 Å². The molecule has 2 nitrogen and oxygen atoms in total. The van der Waals surface area contributed by atoms with Crippen molar-refractivity contribution in [2.24, 2.45) is 11.7 Å². The molecule has 1 unspecified atom stereocenters. The van der Waals surface area contributed by atoms with Crippen LogP contribution < -0.4 is 5.73 Å². The average Bonchev–Trinajstić information content (AvgIpc) is 2.41. The third-order valence-corrected chi connectivity index (χ3v) is 3.71. The van der Waals surface area contributed by atoms with E-state index >= 15 is 0 Å². The highest BCUT2D eigenvalue weighted by Gasteiger charge is 2.41. The number of nitrogens with two attached hydrogens (primary N) is 1. The molecule has 6 heteroatoms. The summed E-state index contributed by atoms with van der Waals surface area (Å²) >= 11 is 0. The molecule has 0 aromatic heterocycles. The first kappa shape index (κ1) is 15.3. The average molecular weight is 290 g/mol. The molecular weight excluding hydrogens is 272 g/mol. The molecule has 1 atom stereocenters. The zero-order valence-corrected chi connectivity index (χ0v) is 11.1. The van der Waals surface area contributed by atoms with Gasteiger partial charge in [-0.2, -0.15) is 13.2 Å². The molecular formula is C14H18F4N2. The second-order valence-electron chi connectivity index (χ2n) is 5.25. The normalized spacial score (nSPS) is 21.1. The van der Waals surface area contributed by atoms with Gasteiger partial charge in [-0.15, -0.1) is 0 Å². The van der Waals surface area contributed by atoms with Gasteiger partial charge in [0.05, 0.1) is 5.92 Å². The summed E-state index contributed by atoms with van der Waals surface area (Å²) in [5.74, 6) is -1.70. The Bertz CT molecular complexity index is 459. The molecule has 112 valence electrons. The fourth-order valence-corrected chi connectivity index (χ4v) is 2.58. The molecule has 1 aromatic rings. The van der Waals surface area contributed by atoms with E-state index in [9.17, 15) is 17.6 Å². The van der Waals surface area contributed by atoms with Crippen LogP contribution in [0, 0.1) is 11.7 Å². The Labute approximate surface area is 115 Å². The standard InChI is InChI=1S/C14H18F4N2/c15-13-4-3-10(7-19)6-11(13)8-20-5-1-2-12(9-20)14(16,17)18/h3-4,6,12H,1-2,5,7-9,19H2. The van der Waals surface area contributed by atoms with Crippen molar-refractivity contribution in [2.75, 3.05) is 13.1 Å². The second-order valence-corrected chi connectivity index (χ2v) is 5.25. The number of alkyl halides is 3. The maximum Gasteiger partial charge on any atom is 0.393 e. The number of hydrogen-bond acceptors (Lipinski definition) is 2. The summed E-state index contributed by atoms with van der Waals surface area (Å²) in [4.78, 5) is 1.67. The molecule has 0 aliphatic carbocycles. The minimum Gasteiger partial charge on any atom is -0.326 e. The minimum absolute atomic E-state index is 0.0597. The number of rotatable bonds is 3. The number of halogens is 4. The summed E-state index contributed by atoms with van der Waals surface area (Å²) in [6.07, 6.45) is -3.52. The van der Waals surface area contributed by atoms with E-state index in [0.717, 1.165) is 5.56 Å². The summed E-state index contributed by atoms with van der Waals surface area (Å²) in [6.45, 7) is 0.999. The second kappa shape index (κ2) is 6.10. The summed E-state index contributed by atoms with van der Waals surface area (Å²) in [7, 11) is 0. The van der Waals surface area contributed by atoms with E-state index in [1.807, 2.05) is 0 Å². The van der Waals surface area contributed by atoms with Crippen LogP contribution in [-0.2, 0) is 13.1 Å². The van der Waals surface area contributed by atoms with E-state index < -0.39 is 17.9 Å². The van der Waals surface area contributed by atoms with Crippen molar-refractivity contribution >= 4 is 0 Å². The molecule has 1 saturated heterocycles. The van der Waals surface area contributed by atoms with Crippen LogP contribution in [0.3, 0.4) is 0 Å². The van der Waals surface area contributed by atoms with Gasteiger partial charge < -0.3 is 5.73 Å². The van der Waals surface area contributed by atoms with Crippen molar-refractivity contribution in [1.82, 2.24) is 4.90 Å². The smallest absolute Gasteiger partial charge is 0.326 e. The number of piperidine rings is 1. The molecule has 0 radical (unpaired) electrons. The van der Waals surface area contributed by atoms with Gasteiger partial charge in [-0.25, -0.2) is 4.39 Å². The van der Waals surface area contributed by atoms with Crippen molar-refractivity contribution in [3.63, 3.8) is 0 Å². The predicted octanol–water partition coefficient (Wildman–Crippen LogP) is 3.06. The zero-order chi connectivity index (χ0) is 14.8. The Morgan fingerprint density at radius 2 is 2.05 bits per heavy atom. The third-order valence-electron chi connectivity index (χ3n) is 3.71. The first-order valence-electron chi connectivity index (χ1n) is 6.66. The SMILES string of the molecule is NCc1ccc(F)c(CN2CCCC(C(F)(F)F)C2)c1. The molecule has 20 heavy (non-hydrogen) atoms. The number of hydrogen-bond donors (Lipinski definition) is 1. The van der Waals surface area contributed by atoms with Crippen LogP contribution in [0.4, 0.5) is 17.6 Å². The van der Waals surface area contributed by atoms with Crippen LogP contribution in [-0.4, -0.2) is 24.2 Å². The van der Waals surface area contributed by atoms with E-state index in [0.29, 0.717) is 25.1 Å². The number of nitrogens with zero attached hydrogens (tertiary/aromatic N) is 1. The molecule has 0 saturated carbocycles. The highest BCUT2D eigenvalue weighted by Crippen LogP contribution is 2.33. The van der Waals surface area contributed by atoms with Crippen LogP contribution in [0.1, 0.15) is 24.0 Å². The Kier molecular flexibility index (Phi) is 4.65. The lowest BCUT2D eigenvalue weighted by molar-refractivity contribution is -0.187. The lowest BCUT2D eigenvalue weighted by Gasteiger charge is -2.33. The van der Waals surface area contributed by atoms with E-state index in [1.165, 1.54) is 6.07 Å². The minimum atomic E-state index is -4.17. The number of benzene rings is 1. The fraction of sp³-hybridized carbons (Fsp3) is 0.571. The summed E-state index contributed by atoms with van der Waals surface area (Å²) in [5, 5.41) is 0. The third kappa shape index (κ3) is 3.70. The molecule has 1 aromatic carbocycles. The molecule has 2 N–H and O–H groups in total. The van der Waals surface area contributed by atoms with E-state index in [2.05, 4.69) is 0 Å². The first-order chi connectivity index (χ1) is 9.40. The van der Waals surface area contributed by atoms with Crippen LogP contribution >= 0.6 is 0 Å². The molecule has 1 fully saturated rings. The lowest BCUT2D eigenvalue weighted by Crippen LogP contribution is -2.41. The van der Waals surface area contributed by atoms with Gasteiger partial charge in [0.25, 0.3) is 0 Å². The Hall–Kier alpha value is -1.14. The van der Waals surface area contributed by atoms with Crippen LogP contribution in [0.5, 0.6) is 0 Å². The van der Waals surface area contributed by atoms with E-state index in [-0.39, 0.29) is 19.5 Å². The van der Waals surface area contributed by atoms with Gasteiger partial charge in [0.1, 0.15) is 5.82 Å². The van der Waals surface area contributed by atoms with Gasteiger partial charge in [-0.05, 0) is 31.0 Å². The largest absolute Gasteiger partial charge is 0.393 e. The molecule has 2 rings (SSSR count). The van der Waals surface area contributed by atoms with Crippen molar-refractivity contribution < 1.29 is 17.6 Å². The maximum atomic E-state index is 13.7. The van der Waals surface area contributed by atoms with E-state index in [1.54, 1.807) is 17.0 Å². The molecule has 0 spiro atoms. The Morgan fingerprint density at radius 1 is 1.30 bits per heavy atom. The zero-order valence-electron chi connectivity index (χ0n) is 11.1. The van der Waals surface area contributed by atoms with Gasteiger partial charge in [-0.1, -0.05) is 12.1 Å². The summed E-state index contributed by atoms with van der Waals surface area (Å²) in [6, 6.07) is 4.54. The van der Waals surface area contributed by atoms with Crippen LogP contribution in [0.15, 0.2) is 18.2 Å². The van der Waals surface area contributed by atoms with Crippen LogP contribution in [0.25, 0.3) is 0 Å². The van der Waals surface area contributed by atoms with E-state index in [4.69, 9.17) is 5.73 Å². The highest BCUT2D eigenvalue weighted by molar-refractivity contribution is 5.25. The molecule has 1 aliphatic rings. The maximum absolute atomic E-state index is 13.7. The van der Waals surface area contributed by atoms with Crippen molar-refractivity contribution in [3.8, 4) is 0 Å². The van der Waals surface area contributed by atoms with Crippen molar-refractivity contribution in [2.45, 2.75) is 32.1 Å². The van der Waals surface area contributed by atoms with Gasteiger partial charge in [0.2, 0.25) is 0 Å². The lowest BCUT2D eigenvalue weighted by atomic mass is 9.97. The topological polar surface area (TPSA) is 29.3 Å². The van der Waals surface area contributed by atoms with Gasteiger partial charge in [0, 0.05) is 25.2 Å². The quantitative estimate of drug-likeness (QED) is 0.867. The molecule has 1 heterocycles. The van der Waals surface area contributed by atoms with Crippen molar-refractivity contribution in [3.05, 3.63) is 35.1 Å². The number of likely N-dealkylation sites (tertiary alicyclic amines) is 1. The van der Waals surface area contributed by atoms with Gasteiger partial charge in [-0.3, -0.25) is 4.90 Å². The monoisotopic (exact) mass is 290 g/mol. The molecule has 1 aliphatic heterocycles. The highest BCUT2D eigenvalue weighted by atomic mass is 19.4. The molecule has 0 amide bonds. The fourth-order valence-electron chi connectivity index (χ4n) is 2.58. The van der Waals surface area contributed by atoms with Gasteiger partial charge >= 0.3 is 6.18 Å². The van der Waals surface area contributed by atoms with Gasteiger partial charge in [0.15, 0.2) is 0 Å². The first-order valence-corrected chi connectivity index (χ1v) is 6.66.